The second-order valence-electron chi connectivity index (χ2n) is 10.6. The molecule has 0 saturated carbocycles. The third kappa shape index (κ3) is 6.79. The molecule has 8 nitrogen and oxygen atoms in total. The molecule has 5 rings (SSSR count). The van der Waals surface area contributed by atoms with E-state index in [0.29, 0.717) is 24.0 Å². The Balaban J connectivity index is 1.06. The summed E-state index contributed by atoms with van der Waals surface area (Å²) >= 11 is 0. The number of ether oxygens (including phenoxy) is 2. The number of carbonyl (C=O) groups is 1. The van der Waals surface area contributed by atoms with E-state index in [1.165, 1.54) is 29.3 Å². The molecule has 1 unspecified atom stereocenters. The fourth-order valence-corrected chi connectivity index (χ4v) is 5.45. The van der Waals surface area contributed by atoms with Crippen molar-refractivity contribution < 1.29 is 14.3 Å². The van der Waals surface area contributed by atoms with E-state index in [-0.39, 0.29) is 18.7 Å². The summed E-state index contributed by atoms with van der Waals surface area (Å²) in [5, 5.41) is 5.08. The quantitative estimate of drug-likeness (QED) is 0.339. The number of fused-ring (bicyclic) bond motifs is 1. The van der Waals surface area contributed by atoms with Crippen molar-refractivity contribution in [2.45, 2.75) is 71.2 Å². The predicted octanol–water partition coefficient (Wildman–Crippen LogP) is 4.96. The number of aromatic nitrogens is 3. The summed E-state index contributed by atoms with van der Waals surface area (Å²) in [7, 11) is 0. The van der Waals surface area contributed by atoms with Crippen LogP contribution in [-0.4, -0.2) is 59.5 Å². The van der Waals surface area contributed by atoms with Crippen LogP contribution in [0.15, 0.2) is 42.9 Å². The second kappa shape index (κ2) is 13.3. The number of nitrogens with zero attached hydrogens (tertiary/aromatic N) is 4. The van der Waals surface area contributed by atoms with Crippen LogP contribution in [0.2, 0.25) is 0 Å². The largest absolute Gasteiger partial charge is 0.353 e. The zero-order chi connectivity index (χ0) is 26.2. The van der Waals surface area contributed by atoms with Gasteiger partial charge in [0, 0.05) is 62.3 Å². The van der Waals surface area contributed by atoms with Gasteiger partial charge < -0.3 is 24.3 Å². The van der Waals surface area contributed by atoms with E-state index < -0.39 is 0 Å². The van der Waals surface area contributed by atoms with Gasteiger partial charge in [-0.2, -0.15) is 0 Å². The van der Waals surface area contributed by atoms with Crippen LogP contribution >= 0.6 is 0 Å². The first kappa shape index (κ1) is 26.8. The Kier molecular flexibility index (Phi) is 9.38. The summed E-state index contributed by atoms with van der Waals surface area (Å²) in [4.78, 5) is 23.7. The van der Waals surface area contributed by atoms with Crippen LogP contribution in [-0.2, 0) is 22.6 Å². The number of para-hydroxylation sites is 1. The first-order valence-corrected chi connectivity index (χ1v) is 14.3. The number of piperidine rings is 1. The number of ketones is 1. The number of aryl methyl sites for hydroxylation is 1. The van der Waals surface area contributed by atoms with Gasteiger partial charge in [-0.3, -0.25) is 4.79 Å². The van der Waals surface area contributed by atoms with Crippen molar-refractivity contribution in [3.05, 3.63) is 54.0 Å². The van der Waals surface area contributed by atoms with Crippen LogP contribution in [0.5, 0.6) is 0 Å². The Hall–Kier alpha value is -2.81. The maximum Gasteiger partial charge on any atom is 0.225 e. The Morgan fingerprint density at radius 3 is 2.71 bits per heavy atom. The normalized spacial score (nSPS) is 18.8. The molecule has 1 N–H and O–H groups in total. The average Bonchev–Trinajstić information content (AvgIpc) is 3.33. The van der Waals surface area contributed by atoms with E-state index in [1.807, 2.05) is 0 Å². The minimum absolute atomic E-state index is 0.00499. The van der Waals surface area contributed by atoms with E-state index in [4.69, 9.17) is 9.47 Å². The lowest BCUT2D eigenvalue weighted by molar-refractivity contribution is -0.155. The predicted molar refractivity (Wildman–Crippen MR) is 149 cm³/mol. The number of unbranched alkanes of at least 4 members (excludes halogenated alkanes) is 1. The molecule has 1 atom stereocenters. The first-order valence-electron chi connectivity index (χ1n) is 14.3. The van der Waals surface area contributed by atoms with Crippen LogP contribution in [0.4, 0.5) is 5.95 Å². The molecule has 0 aliphatic carbocycles. The van der Waals surface area contributed by atoms with Crippen molar-refractivity contribution in [1.82, 2.24) is 19.9 Å². The van der Waals surface area contributed by atoms with Gasteiger partial charge in [-0.25, -0.2) is 9.97 Å². The van der Waals surface area contributed by atoms with E-state index >= 15 is 0 Å². The molecule has 8 heteroatoms. The molecule has 3 aromatic rings. The molecule has 1 aromatic carbocycles. The van der Waals surface area contributed by atoms with E-state index in [1.54, 1.807) is 12.4 Å². The highest BCUT2D eigenvalue weighted by molar-refractivity contribution is 5.96. The minimum atomic E-state index is -0.269. The first-order chi connectivity index (χ1) is 18.7. The Morgan fingerprint density at radius 1 is 1.13 bits per heavy atom. The van der Waals surface area contributed by atoms with Crippen LogP contribution in [0.25, 0.3) is 10.9 Å². The Labute approximate surface area is 225 Å². The highest BCUT2D eigenvalue weighted by Crippen LogP contribution is 2.23. The van der Waals surface area contributed by atoms with Crippen molar-refractivity contribution in [2.75, 3.05) is 37.7 Å². The molecule has 0 radical (unpaired) electrons. The number of rotatable bonds is 12. The molecule has 0 spiro atoms. The van der Waals surface area contributed by atoms with Crippen molar-refractivity contribution in [3.8, 4) is 0 Å². The number of hydrogen-bond acceptors (Lipinski definition) is 7. The summed E-state index contributed by atoms with van der Waals surface area (Å²) in [6.07, 6.45) is 12.9. The van der Waals surface area contributed by atoms with Gasteiger partial charge >= 0.3 is 0 Å². The van der Waals surface area contributed by atoms with Gasteiger partial charge in [-0.15, -0.1) is 0 Å². The number of anilines is 1. The zero-order valence-corrected chi connectivity index (χ0v) is 22.6. The standard InChI is InChI=1S/C30H41N5O3/c1-2-3-13-35-21-25(26-8-4-5-9-27(26)35)18-31-17-23-11-14-34(15-12-23)30-32-19-24(20-33-30)28(36)22-38-29-10-6-7-16-37-29/h4-5,8-9,19-21,23,29,31H,2-3,6-7,10-18,22H2,1H3. The highest BCUT2D eigenvalue weighted by atomic mass is 16.7. The second-order valence-corrected chi connectivity index (χ2v) is 10.6. The fourth-order valence-electron chi connectivity index (χ4n) is 5.45. The SMILES string of the molecule is CCCCn1cc(CNCC2CCN(c3ncc(C(=O)COC4CCCCO4)cn3)CC2)c2ccccc21. The zero-order valence-electron chi connectivity index (χ0n) is 22.6. The number of benzene rings is 1. The molecule has 2 saturated heterocycles. The summed E-state index contributed by atoms with van der Waals surface area (Å²) in [6.45, 7) is 7.80. The average molecular weight is 520 g/mol. The van der Waals surface area contributed by atoms with Crippen molar-refractivity contribution in [3.63, 3.8) is 0 Å². The monoisotopic (exact) mass is 519 g/mol. The summed E-state index contributed by atoms with van der Waals surface area (Å²) in [6, 6.07) is 8.74. The molecule has 4 heterocycles. The lowest BCUT2D eigenvalue weighted by Gasteiger charge is -2.32. The van der Waals surface area contributed by atoms with E-state index in [2.05, 4.69) is 62.1 Å². The Bertz CT molecular complexity index is 1160. The molecular formula is C30H41N5O3. The molecule has 2 aliphatic heterocycles. The number of nitrogens with one attached hydrogen (secondary N) is 1. The third-order valence-corrected chi connectivity index (χ3v) is 7.77. The van der Waals surface area contributed by atoms with Gasteiger partial charge in [0.1, 0.15) is 6.61 Å². The summed E-state index contributed by atoms with van der Waals surface area (Å²) in [5.41, 5.74) is 3.21. The van der Waals surface area contributed by atoms with Crippen molar-refractivity contribution >= 4 is 22.6 Å². The van der Waals surface area contributed by atoms with Gasteiger partial charge in [0.2, 0.25) is 5.95 Å². The number of Topliss-reactive ketones (excluding diaryl/α,β-unsaturated/α-hetero) is 1. The van der Waals surface area contributed by atoms with Crippen molar-refractivity contribution in [1.29, 1.82) is 0 Å². The van der Waals surface area contributed by atoms with Gasteiger partial charge in [0.05, 0.1) is 5.56 Å². The van der Waals surface area contributed by atoms with Gasteiger partial charge in [-0.1, -0.05) is 31.5 Å². The molecule has 2 aliphatic rings. The van der Waals surface area contributed by atoms with Gasteiger partial charge in [0.15, 0.2) is 12.1 Å². The van der Waals surface area contributed by atoms with Crippen molar-refractivity contribution in [2.24, 2.45) is 5.92 Å². The number of carbonyl (C=O) groups excluding carboxylic acids is 1. The lowest BCUT2D eigenvalue weighted by atomic mass is 9.97. The van der Waals surface area contributed by atoms with Crippen LogP contribution < -0.4 is 10.2 Å². The summed E-state index contributed by atoms with van der Waals surface area (Å²) in [5.74, 6) is 1.23. The Morgan fingerprint density at radius 2 is 1.95 bits per heavy atom. The van der Waals surface area contributed by atoms with E-state index in [9.17, 15) is 4.79 Å². The third-order valence-electron chi connectivity index (χ3n) is 7.77. The van der Waals surface area contributed by atoms with E-state index in [0.717, 1.165) is 64.8 Å². The smallest absolute Gasteiger partial charge is 0.225 e. The van der Waals surface area contributed by atoms with Crippen LogP contribution in [0.1, 0.15) is 67.8 Å². The minimum Gasteiger partial charge on any atom is -0.353 e. The fraction of sp³-hybridized carbons (Fsp3) is 0.567. The highest BCUT2D eigenvalue weighted by Gasteiger charge is 2.22. The van der Waals surface area contributed by atoms with Gasteiger partial charge in [0.25, 0.3) is 0 Å². The molecular weight excluding hydrogens is 478 g/mol. The molecule has 0 amide bonds. The van der Waals surface area contributed by atoms with Gasteiger partial charge in [-0.05, 0) is 62.6 Å². The summed E-state index contributed by atoms with van der Waals surface area (Å²) < 4.78 is 13.6. The maximum absolute atomic E-state index is 12.5. The molecule has 204 valence electrons. The molecule has 0 bridgehead atoms. The van der Waals surface area contributed by atoms with Crippen LogP contribution in [0, 0.1) is 5.92 Å². The lowest BCUT2D eigenvalue weighted by Crippen LogP contribution is -2.38. The molecule has 38 heavy (non-hydrogen) atoms. The number of hydrogen-bond donors (Lipinski definition) is 1. The molecule has 2 fully saturated rings. The topological polar surface area (TPSA) is 81.5 Å². The maximum atomic E-state index is 12.5. The molecule has 2 aromatic heterocycles. The van der Waals surface area contributed by atoms with Crippen LogP contribution in [0.3, 0.4) is 0 Å².